The second-order valence-electron chi connectivity index (χ2n) is 6.52. The summed E-state index contributed by atoms with van der Waals surface area (Å²) < 4.78 is 0. The quantitative estimate of drug-likeness (QED) is 0.450. The summed E-state index contributed by atoms with van der Waals surface area (Å²) in [5.41, 5.74) is 3.80. The van der Waals surface area contributed by atoms with Gasteiger partial charge in [-0.2, -0.15) is 0 Å². The van der Waals surface area contributed by atoms with Gasteiger partial charge in [-0.3, -0.25) is 14.8 Å². The summed E-state index contributed by atoms with van der Waals surface area (Å²) in [4.78, 5) is 19.3. The summed E-state index contributed by atoms with van der Waals surface area (Å²) in [5.74, 6) is 0.899. The first-order valence-electron chi connectivity index (χ1n) is 9.26. The van der Waals surface area contributed by atoms with Gasteiger partial charge in [0.2, 0.25) is 11.1 Å². The molecule has 1 heterocycles. The van der Waals surface area contributed by atoms with E-state index in [1.807, 2.05) is 91.9 Å². The van der Waals surface area contributed by atoms with Crippen molar-refractivity contribution < 1.29 is 4.79 Å². The van der Waals surface area contributed by atoms with Crippen LogP contribution in [0.5, 0.6) is 0 Å². The van der Waals surface area contributed by atoms with Gasteiger partial charge in [-0.1, -0.05) is 71.9 Å². The molecule has 5 nitrogen and oxygen atoms in total. The lowest BCUT2D eigenvalue weighted by Crippen LogP contribution is -2.27. The molecule has 0 aliphatic rings. The number of hydrogen-bond donors (Lipinski definition) is 1. The van der Waals surface area contributed by atoms with Gasteiger partial charge >= 0.3 is 0 Å². The summed E-state index contributed by atoms with van der Waals surface area (Å²) in [5, 5.41) is 7.77. The zero-order valence-corrected chi connectivity index (χ0v) is 16.8. The molecule has 3 aromatic carbocycles. The Morgan fingerprint density at radius 2 is 1.59 bits per heavy atom. The van der Waals surface area contributed by atoms with Crippen molar-refractivity contribution in [3.05, 3.63) is 90.5 Å². The van der Waals surface area contributed by atoms with Crippen molar-refractivity contribution in [3.8, 4) is 11.4 Å². The van der Waals surface area contributed by atoms with Crippen LogP contribution in [0.4, 0.5) is 11.4 Å². The third-order valence-corrected chi connectivity index (χ3v) is 5.19. The van der Waals surface area contributed by atoms with Gasteiger partial charge in [-0.25, -0.2) is 4.98 Å². The number of H-pyrrole nitrogens is 1. The second kappa shape index (κ2) is 8.75. The number of nitrogens with one attached hydrogen (secondary N) is 1. The number of hydrogen-bond acceptors (Lipinski definition) is 4. The molecule has 4 aromatic rings. The third-order valence-electron chi connectivity index (χ3n) is 4.36. The Morgan fingerprint density at radius 3 is 2.21 bits per heavy atom. The normalized spacial score (nSPS) is 10.7. The Hall–Kier alpha value is -3.38. The van der Waals surface area contributed by atoms with Gasteiger partial charge in [-0.15, -0.1) is 5.10 Å². The number of carbonyl (C=O) groups excluding carboxylic acids is 1. The Kier molecular flexibility index (Phi) is 5.72. The smallest absolute Gasteiger partial charge is 0.242 e. The number of carbonyl (C=O) groups is 1. The first-order valence-corrected chi connectivity index (χ1v) is 10.2. The van der Waals surface area contributed by atoms with Gasteiger partial charge in [0.25, 0.3) is 0 Å². The van der Waals surface area contributed by atoms with E-state index >= 15 is 0 Å². The number of para-hydroxylation sites is 2. The highest BCUT2D eigenvalue weighted by Crippen LogP contribution is 2.27. The molecule has 6 heteroatoms. The first-order chi connectivity index (χ1) is 14.2. The van der Waals surface area contributed by atoms with E-state index in [9.17, 15) is 4.79 Å². The van der Waals surface area contributed by atoms with Crippen molar-refractivity contribution >= 4 is 29.0 Å². The highest BCUT2D eigenvalue weighted by atomic mass is 32.2. The summed E-state index contributed by atoms with van der Waals surface area (Å²) in [7, 11) is 0. The molecule has 1 N–H and O–H groups in total. The molecule has 0 aliphatic heterocycles. The summed E-state index contributed by atoms with van der Waals surface area (Å²) in [6.07, 6.45) is 0. The minimum absolute atomic E-state index is 0.0331. The molecule has 0 saturated carbocycles. The Morgan fingerprint density at radius 1 is 0.931 bits per heavy atom. The van der Waals surface area contributed by atoms with E-state index in [4.69, 9.17) is 0 Å². The zero-order valence-electron chi connectivity index (χ0n) is 15.9. The number of anilines is 2. The molecular formula is C23H20N4OS. The van der Waals surface area contributed by atoms with Crippen molar-refractivity contribution in [2.24, 2.45) is 0 Å². The lowest BCUT2D eigenvalue weighted by molar-refractivity contribution is -0.115. The maximum atomic E-state index is 13.1. The molecule has 0 bridgehead atoms. The van der Waals surface area contributed by atoms with E-state index in [1.165, 1.54) is 11.8 Å². The molecule has 0 spiro atoms. The Balaban J connectivity index is 1.50. The van der Waals surface area contributed by atoms with Crippen molar-refractivity contribution in [2.45, 2.75) is 12.1 Å². The predicted molar refractivity (Wildman–Crippen MR) is 117 cm³/mol. The largest absolute Gasteiger partial charge is 0.280 e. The van der Waals surface area contributed by atoms with Crippen molar-refractivity contribution in [1.29, 1.82) is 0 Å². The number of thioether (sulfide) groups is 1. The molecule has 0 fully saturated rings. The van der Waals surface area contributed by atoms with Gasteiger partial charge in [0, 0.05) is 16.9 Å². The van der Waals surface area contributed by atoms with Crippen LogP contribution in [0.1, 0.15) is 5.56 Å². The predicted octanol–water partition coefficient (Wildman–Crippen LogP) is 5.24. The van der Waals surface area contributed by atoms with Crippen molar-refractivity contribution in [1.82, 2.24) is 15.2 Å². The molecule has 0 unspecified atom stereocenters. The number of benzene rings is 3. The Bertz CT molecular complexity index is 1060. The molecule has 0 radical (unpaired) electrons. The number of aromatic nitrogens is 3. The van der Waals surface area contributed by atoms with Gasteiger partial charge < -0.3 is 0 Å². The lowest BCUT2D eigenvalue weighted by atomic mass is 10.1. The van der Waals surface area contributed by atoms with Gasteiger partial charge in [0.05, 0.1) is 5.75 Å². The number of amides is 1. The van der Waals surface area contributed by atoms with E-state index in [1.54, 1.807) is 4.90 Å². The molecule has 0 aliphatic carbocycles. The average molecular weight is 401 g/mol. The minimum Gasteiger partial charge on any atom is -0.280 e. The van der Waals surface area contributed by atoms with E-state index < -0.39 is 0 Å². The maximum Gasteiger partial charge on any atom is 0.242 e. The highest BCUT2D eigenvalue weighted by molar-refractivity contribution is 7.99. The summed E-state index contributed by atoms with van der Waals surface area (Å²) >= 11 is 1.32. The van der Waals surface area contributed by atoms with Crippen LogP contribution in [-0.2, 0) is 4.79 Å². The first kappa shape index (κ1) is 19.0. The van der Waals surface area contributed by atoms with E-state index in [-0.39, 0.29) is 11.7 Å². The molecule has 4 rings (SSSR count). The topological polar surface area (TPSA) is 61.9 Å². The van der Waals surface area contributed by atoms with Crippen LogP contribution in [0, 0.1) is 6.92 Å². The van der Waals surface area contributed by atoms with Crippen LogP contribution >= 0.6 is 11.8 Å². The van der Waals surface area contributed by atoms with E-state index in [0.29, 0.717) is 11.0 Å². The minimum atomic E-state index is -0.0331. The van der Waals surface area contributed by atoms with Crippen molar-refractivity contribution in [2.75, 3.05) is 10.7 Å². The average Bonchev–Trinajstić information content (AvgIpc) is 3.23. The van der Waals surface area contributed by atoms with Crippen LogP contribution < -0.4 is 4.90 Å². The standard InChI is InChI=1S/C23H20N4OS/c1-17-9-8-10-18(15-17)22-24-23(26-25-22)29-16-21(28)27(19-11-4-2-5-12-19)20-13-6-3-7-14-20/h2-15H,16H2,1H3,(H,24,25,26). The third kappa shape index (κ3) is 4.55. The number of nitrogens with zero attached hydrogens (tertiary/aromatic N) is 3. The molecule has 144 valence electrons. The Labute approximate surface area is 173 Å². The molecule has 0 atom stereocenters. The van der Waals surface area contributed by atoms with Crippen LogP contribution in [0.2, 0.25) is 0 Å². The fraction of sp³-hybridized carbons (Fsp3) is 0.0870. The molecular weight excluding hydrogens is 380 g/mol. The number of aromatic amines is 1. The maximum absolute atomic E-state index is 13.1. The second-order valence-corrected chi connectivity index (χ2v) is 7.47. The van der Waals surface area contributed by atoms with Gasteiger partial charge in [0.1, 0.15) is 0 Å². The summed E-state index contributed by atoms with van der Waals surface area (Å²) in [6.45, 7) is 2.04. The molecule has 1 amide bonds. The van der Waals surface area contributed by atoms with Crippen LogP contribution in [0.15, 0.2) is 90.1 Å². The number of aryl methyl sites for hydroxylation is 1. The number of rotatable bonds is 6. The lowest BCUT2D eigenvalue weighted by Gasteiger charge is -2.22. The van der Waals surface area contributed by atoms with Crippen molar-refractivity contribution in [3.63, 3.8) is 0 Å². The fourth-order valence-corrected chi connectivity index (χ4v) is 3.66. The molecule has 1 aromatic heterocycles. The molecule has 29 heavy (non-hydrogen) atoms. The monoisotopic (exact) mass is 400 g/mol. The summed E-state index contributed by atoms with van der Waals surface area (Å²) in [6, 6.07) is 27.4. The SMILES string of the molecule is Cc1cccc(-c2nc(SCC(=O)N(c3ccccc3)c3ccccc3)n[nH]2)c1. The highest BCUT2D eigenvalue weighted by Gasteiger charge is 2.19. The zero-order chi connectivity index (χ0) is 20.1. The van der Waals surface area contributed by atoms with Crippen LogP contribution in [0.3, 0.4) is 0 Å². The van der Waals surface area contributed by atoms with E-state index in [0.717, 1.165) is 22.5 Å². The van der Waals surface area contributed by atoms with Crippen LogP contribution in [0.25, 0.3) is 11.4 Å². The van der Waals surface area contributed by atoms with Gasteiger partial charge in [0.15, 0.2) is 5.82 Å². The molecule has 0 saturated heterocycles. The van der Waals surface area contributed by atoms with Gasteiger partial charge in [-0.05, 0) is 37.3 Å². The van der Waals surface area contributed by atoms with E-state index in [2.05, 4.69) is 15.2 Å². The van der Waals surface area contributed by atoms with Crippen LogP contribution in [-0.4, -0.2) is 26.8 Å². The fourth-order valence-electron chi connectivity index (χ4n) is 3.01.